The Hall–Kier alpha value is -1.10. The van der Waals surface area contributed by atoms with Gasteiger partial charge in [0.25, 0.3) is 0 Å². The number of hydrogen-bond donors (Lipinski definition) is 2. The quantitative estimate of drug-likeness (QED) is 0.695. The Morgan fingerprint density at radius 2 is 2.31 bits per heavy atom. The van der Waals surface area contributed by atoms with E-state index in [1.165, 1.54) is 0 Å². The van der Waals surface area contributed by atoms with Crippen molar-refractivity contribution >= 4 is 11.8 Å². The topological polar surface area (TPSA) is 75.4 Å². The van der Waals surface area contributed by atoms with Gasteiger partial charge in [0, 0.05) is 13.1 Å². The molecule has 1 aliphatic heterocycles. The molecule has 3 N–H and O–H groups in total. The minimum atomic E-state index is -0.502. The zero-order chi connectivity index (χ0) is 12.3. The van der Waals surface area contributed by atoms with E-state index in [1.54, 1.807) is 11.8 Å². The predicted molar refractivity (Wildman–Crippen MR) is 61.6 cm³/mol. The Kier molecular flexibility index (Phi) is 4.29. The molecule has 1 heterocycles. The lowest BCUT2D eigenvalue weighted by molar-refractivity contribution is -0.144. The van der Waals surface area contributed by atoms with E-state index in [9.17, 15) is 9.59 Å². The van der Waals surface area contributed by atoms with Gasteiger partial charge in [0.05, 0.1) is 6.04 Å². The number of hydrogen-bond acceptors (Lipinski definition) is 3. The molecule has 3 unspecified atom stereocenters. The molecule has 5 heteroatoms. The van der Waals surface area contributed by atoms with Gasteiger partial charge in [-0.3, -0.25) is 9.59 Å². The summed E-state index contributed by atoms with van der Waals surface area (Å²) in [5, 5.41) is 2.73. The first-order valence-electron chi connectivity index (χ1n) is 5.82. The van der Waals surface area contributed by atoms with Crippen LogP contribution < -0.4 is 11.1 Å². The molecule has 0 aliphatic carbocycles. The zero-order valence-electron chi connectivity index (χ0n) is 10.2. The summed E-state index contributed by atoms with van der Waals surface area (Å²) in [6.07, 6.45) is 0.862. The van der Waals surface area contributed by atoms with Gasteiger partial charge >= 0.3 is 0 Å². The van der Waals surface area contributed by atoms with Crippen molar-refractivity contribution in [1.29, 1.82) is 0 Å². The van der Waals surface area contributed by atoms with Crippen molar-refractivity contribution in [2.45, 2.75) is 39.3 Å². The third-order valence-corrected chi connectivity index (χ3v) is 3.32. The highest BCUT2D eigenvalue weighted by Crippen LogP contribution is 2.12. The van der Waals surface area contributed by atoms with Crippen LogP contribution in [-0.2, 0) is 9.59 Å². The van der Waals surface area contributed by atoms with Crippen LogP contribution >= 0.6 is 0 Å². The van der Waals surface area contributed by atoms with E-state index < -0.39 is 12.1 Å². The Morgan fingerprint density at radius 1 is 1.69 bits per heavy atom. The van der Waals surface area contributed by atoms with Crippen LogP contribution in [0.3, 0.4) is 0 Å². The lowest BCUT2D eigenvalue weighted by Gasteiger charge is -2.35. The van der Waals surface area contributed by atoms with Crippen LogP contribution in [0.25, 0.3) is 0 Å². The average Bonchev–Trinajstić information content (AvgIpc) is 2.29. The molecular formula is C11H21N3O2. The number of carbonyl (C=O) groups excluding carboxylic acids is 2. The second-order valence-corrected chi connectivity index (χ2v) is 4.41. The Morgan fingerprint density at radius 3 is 2.88 bits per heavy atom. The van der Waals surface area contributed by atoms with Crippen molar-refractivity contribution in [1.82, 2.24) is 10.2 Å². The van der Waals surface area contributed by atoms with Gasteiger partial charge in [0.15, 0.2) is 0 Å². The summed E-state index contributed by atoms with van der Waals surface area (Å²) in [6, 6.07) is -0.908. The van der Waals surface area contributed by atoms with E-state index in [2.05, 4.69) is 5.32 Å². The molecule has 0 saturated carbocycles. The molecule has 1 saturated heterocycles. The minimum absolute atomic E-state index is 0.101. The third kappa shape index (κ3) is 2.52. The van der Waals surface area contributed by atoms with Gasteiger partial charge in [0.2, 0.25) is 11.8 Å². The van der Waals surface area contributed by atoms with Crippen LogP contribution in [0.5, 0.6) is 0 Å². The highest BCUT2D eigenvalue weighted by molar-refractivity contribution is 5.90. The van der Waals surface area contributed by atoms with Crippen LogP contribution in [0.15, 0.2) is 0 Å². The number of amides is 2. The molecule has 92 valence electrons. The molecule has 1 fully saturated rings. The van der Waals surface area contributed by atoms with E-state index in [0.717, 1.165) is 6.42 Å². The van der Waals surface area contributed by atoms with E-state index >= 15 is 0 Å². The molecule has 0 aromatic carbocycles. The lowest BCUT2D eigenvalue weighted by atomic mass is 9.98. The fourth-order valence-corrected chi connectivity index (χ4v) is 1.77. The maximum Gasteiger partial charge on any atom is 0.242 e. The molecule has 0 aromatic rings. The Balaban J connectivity index is 2.69. The largest absolute Gasteiger partial charge is 0.353 e. The Bertz CT molecular complexity index is 280. The van der Waals surface area contributed by atoms with Gasteiger partial charge in [-0.15, -0.1) is 0 Å². The van der Waals surface area contributed by atoms with Crippen LogP contribution in [-0.4, -0.2) is 41.9 Å². The fourth-order valence-electron chi connectivity index (χ4n) is 1.77. The van der Waals surface area contributed by atoms with Crippen LogP contribution in [0.1, 0.15) is 27.2 Å². The number of carbonyl (C=O) groups is 2. The van der Waals surface area contributed by atoms with Crippen molar-refractivity contribution in [3.8, 4) is 0 Å². The second-order valence-electron chi connectivity index (χ2n) is 4.41. The highest BCUT2D eigenvalue weighted by atomic mass is 16.2. The molecular weight excluding hydrogens is 206 g/mol. The summed E-state index contributed by atoms with van der Waals surface area (Å²) in [5.41, 5.74) is 5.89. The van der Waals surface area contributed by atoms with Crippen LogP contribution in [0.2, 0.25) is 0 Å². The van der Waals surface area contributed by atoms with Crippen LogP contribution in [0, 0.1) is 5.92 Å². The molecule has 0 spiro atoms. The lowest BCUT2D eigenvalue weighted by Crippen LogP contribution is -2.60. The van der Waals surface area contributed by atoms with E-state index in [1.807, 2.05) is 13.8 Å². The Labute approximate surface area is 96.4 Å². The van der Waals surface area contributed by atoms with E-state index in [0.29, 0.717) is 13.1 Å². The van der Waals surface area contributed by atoms with Gasteiger partial charge in [-0.2, -0.15) is 0 Å². The monoisotopic (exact) mass is 227 g/mol. The molecule has 1 rings (SSSR count). The van der Waals surface area contributed by atoms with E-state index in [4.69, 9.17) is 5.73 Å². The summed E-state index contributed by atoms with van der Waals surface area (Å²) in [6.45, 7) is 6.76. The van der Waals surface area contributed by atoms with Crippen molar-refractivity contribution < 1.29 is 9.59 Å². The first kappa shape index (κ1) is 13.0. The number of nitrogens with one attached hydrogen (secondary N) is 1. The predicted octanol–water partition coefficient (Wildman–Crippen LogP) is -0.293. The average molecular weight is 227 g/mol. The fraction of sp³-hybridized carbons (Fsp3) is 0.818. The van der Waals surface area contributed by atoms with Gasteiger partial charge in [-0.05, 0) is 12.8 Å². The summed E-state index contributed by atoms with van der Waals surface area (Å²) in [7, 11) is 0. The summed E-state index contributed by atoms with van der Waals surface area (Å²) in [5.74, 6) is -0.0719. The summed E-state index contributed by atoms with van der Waals surface area (Å²) < 4.78 is 0. The van der Waals surface area contributed by atoms with Gasteiger partial charge in [0.1, 0.15) is 6.04 Å². The minimum Gasteiger partial charge on any atom is -0.353 e. The highest BCUT2D eigenvalue weighted by Gasteiger charge is 2.33. The van der Waals surface area contributed by atoms with Crippen molar-refractivity contribution in [3.63, 3.8) is 0 Å². The number of rotatable bonds is 3. The molecule has 0 aromatic heterocycles. The SMILES string of the molecule is CCC(C)C(N)C(=O)N1CCNC(=O)C1C. The van der Waals surface area contributed by atoms with Gasteiger partial charge < -0.3 is 16.0 Å². The molecule has 1 aliphatic rings. The first-order valence-corrected chi connectivity index (χ1v) is 5.82. The molecule has 16 heavy (non-hydrogen) atoms. The standard InChI is InChI=1S/C11H21N3O2/c1-4-7(2)9(12)11(16)14-6-5-13-10(15)8(14)3/h7-9H,4-6,12H2,1-3H3,(H,13,15). The van der Waals surface area contributed by atoms with E-state index in [-0.39, 0.29) is 17.7 Å². The van der Waals surface area contributed by atoms with Crippen molar-refractivity contribution in [2.75, 3.05) is 13.1 Å². The smallest absolute Gasteiger partial charge is 0.242 e. The van der Waals surface area contributed by atoms with Crippen molar-refractivity contribution in [2.24, 2.45) is 11.7 Å². The van der Waals surface area contributed by atoms with Gasteiger partial charge in [-0.25, -0.2) is 0 Å². The maximum atomic E-state index is 12.1. The normalized spacial score (nSPS) is 24.9. The van der Waals surface area contributed by atoms with Gasteiger partial charge in [-0.1, -0.05) is 20.3 Å². The maximum absolute atomic E-state index is 12.1. The molecule has 2 amide bonds. The number of nitrogens with zero attached hydrogens (tertiary/aromatic N) is 1. The first-order chi connectivity index (χ1) is 7.49. The number of piperazine rings is 1. The molecule has 0 bridgehead atoms. The molecule has 3 atom stereocenters. The molecule has 5 nitrogen and oxygen atoms in total. The second kappa shape index (κ2) is 5.30. The van der Waals surface area contributed by atoms with Crippen LogP contribution in [0.4, 0.5) is 0 Å². The summed E-state index contributed by atoms with van der Waals surface area (Å²) >= 11 is 0. The zero-order valence-corrected chi connectivity index (χ0v) is 10.2. The third-order valence-electron chi connectivity index (χ3n) is 3.32. The molecule has 0 radical (unpaired) electrons. The number of nitrogens with two attached hydrogens (primary N) is 1. The van der Waals surface area contributed by atoms with Crippen molar-refractivity contribution in [3.05, 3.63) is 0 Å². The summed E-state index contributed by atoms with van der Waals surface area (Å²) in [4.78, 5) is 25.1.